The lowest BCUT2D eigenvalue weighted by Crippen LogP contribution is -2.31. The Hall–Kier alpha value is -0.910. The van der Waals surface area contributed by atoms with Crippen molar-refractivity contribution >= 4 is 11.6 Å². The third-order valence-corrected chi connectivity index (χ3v) is 2.44. The molecule has 0 radical (unpaired) electrons. The fourth-order valence-electron chi connectivity index (χ4n) is 1.33. The van der Waals surface area contributed by atoms with Crippen LogP contribution in [0.4, 0.5) is 8.78 Å². The summed E-state index contributed by atoms with van der Waals surface area (Å²) in [4.78, 5) is 0. The van der Waals surface area contributed by atoms with Crippen LogP contribution in [0.3, 0.4) is 0 Å². The van der Waals surface area contributed by atoms with Gasteiger partial charge in [0, 0.05) is 23.7 Å². The molecular weight excluding hydrogens is 252 g/mol. The Morgan fingerprint density at radius 1 is 1.47 bits per heavy atom. The molecule has 96 valence electrons. The van der Waals surface area contributed by atoms with Crippen LogP contribution in [0.1, 0.15) is 5.56 Å². The summed E-state index contributed by atoms with van der Waals surface area (Å²) in [5.41, 5.74) is 0.751. The highest BCUT2D eigenvalue weighted by molar-refractivity contribution is 6.30. The largest absolute Gasteiger partial charge is 0.496 e. The molecule has 0 amide bonds. The molecule has 0 aromatic heterocycles. The van der Waals surface area contributed by atoms with Crippen molar-refractivity contribution in [3.05, 3.63) is 28.8 Å². The van der Waals surface area contributed by atoms with Crippen LogP contribution >= 0.6 is 11.6 Å². The van der Waals surface area contributed by atoms with Crippen molar-refractivity contribution in [1.82, 2.24) is 5.32 Å². The number of ether oxygens (including phenoxy) is 1. The summed E-state index contributed by atoms with van der Waals surface area (Å²) < 4.78 is 29.2. The van der Waals surface area contributed by atoms with Gasteiger partial charge in [-0.25, -0.2) is 8.78 Å². The monoisotopic (exact) mass is 265 g/mol. The standard InChI is InChI=1S/C11H14ClF2NO2/c1-17-10-3-2-8(12)4-7(10)5-15-6-9(16)11(13)14/h2-4,9,11,15-16H,5-6H2,1H3. The molecule has 1 aromatic rings. The molecule has 0 spiro atoms. The highest BCUT2D eigenvalue weighted by atomic mass is 35.5. The molecule has 2 N–H and O–H groups in total. The van der Waals surface area contributed by atoms with Gasteiger partial charge in [0.25, 0.3) is 6.43 Å². The highest BCUT2D eigenvalue weighted by Gasteiger charge is 2.16. The molecule has 17 heavy (non-hydrogen) atoms. The van der Waals surface area contributed by atoms with Gasteiger partial charge in [0.1, 0.15) is 11.9 Å². The van der Waals surface area contributed by atoms with Crippen LogP contribution in [-0.4, -0.2) is 31.3 Å². The number of alkyl halides is 2. The second-order valence-electron chi connectivity index (χ2n) is 3.49. The van der Waals surface area contributed by atoms with Gasteiger partial charge in [0.15, 0.2) is 0 Å². The molecule has 0 bridgehead atoms. The molecule has 0 aliphatic heterocycles. The Morgan fingerprint density at radius 3 is 2.76 bits per heavy atom. The third-order valence-electron chi connectivity index (χ3n) is 2.20. The molecule has 1 atom stereocenters. The average Bonchev–Trinajstić information content (AvgIpc) is 2.29. The number of rotatable bonds is 6. The summed E-state index contributed by atoms with van der Waals surface area (Å²) in [6.45, 7) is 0.112. The maximum absolute atomic E-state index is 12.0. The molecule has 0 heterocycles. The predicted octanol–water partition coefficient (Wildman–Crippen LogP) is 2.06. The molecule has 1 rings (SSSR count). The van der Waals surface area contributed by atoms with Crippen molar-refractivity contribution in [1.29, 1.82) is 0 Å². The molecule has 1 aromatic carbocycles. The maximum Gasteiger partial charge on any atom is 0.265 e. The molecule has 3 nitrogen and oxygen atoms in total. The van der Waals surface area contributed by atoms with Crippen LogP contribution in [0.2, 0.25) is 5.02 Å². The number of hydrogen-bond donors (Lipinski definition) is 2. The Labute approximate surface area is 103 Å². The lowest BCUT2D eigenvalue weighted by atomic mass is 10.2. The van der Waals surface area contributed by atoms with Crippen LogP contribution in [-0.2, 0) is 6.54 Å². The number of aliphatic hydroxyl groups is 1. The van der Waals surface area contributed by atoms with E-state index < -0.39 is 12.5 Å². The van der Waals surface area contributed by atoms with E-state index in [1.54, 1.807) is 18.2 Å². The molecular formula is C11H14ClF2NO2. The van der Waals surface area contributed by atoms with Gasteiger partial charge in [0.2, 0.25) is 0 Å². The molecule has 1 unspecified atom stereocenters. The summed E-state index contributed by atoms with van der Waals surface area (Å²) in [6.07, 6.45) is -4.41. The van der Waals surface area contributed by atoms with Crippen LogP contribution in [0.5, 0.6) is 5.75 Å². The van der Waals surface area contributed by atoms with Crippen molar-refractivity contribution in [2.24, 2.45) is 0 Å². The smallest absolute Gasteiger partial charge is 0.265 e. The summed E-state index contributed by atoms with van der Waals surface area (Å²) in [7, 11) is 1.51. The summed E-state index contributed by atoms with van der Waals surface area (Å²) in [6, 6.07) is 5.06. The molecule has 0 aliphatic carbocycles. The van der Waals surface area contributed by atoms with E-state index in [1.807, 2.05) is 0 Å². The van der Waals surface area contributed by atoms with E-state index in [2.05, 4.69) is 5.32 Å². The normalized spacial score (nSPS) is 12.8. The van der Waals surface area contributed by atoms with E-state index in [-0.39, 0.29) is 6.54 Å². The van der Waals surface area contributed by atoms with Gasteiger partial charge in [-0.3, -0.25) is 0 Å². The Kier molecular flexibility index (Phi) is 5.61. The topological polar surface area (TPSA) is 41.5 Å². The first-order chi connectivity index (χ1) is 8.04. The van der Waals surface area contributed by atoms with E-state index in [9.17, 15) is 8.78 Å². The fraction of sp³-hybridized carbons (Fsp3) is 0.455. The van der Waals surface area contributed by atoms with Crippen molar-refractivity contribution in [3.8, 4) is 5.75 Å². The van der Waals surface area contributed by atoms with Crippen LogP contribution in [0.25, 0.3) is 0 Å². The SMILES string of the molecule is COc1ccc(Cl)cc1CNCC(O)C(F)F. The summed E-state index contributed by atoms with van der Waals surface area (Å²) >= 11 is 5.81. The Bertz CT molecular complexity index is 363. The summed E-state index contributed by atoms with van der Waals surface area (Å²) in [5.74, 6) is 0.619. The van der Waals surface area contributed by atoms with Gasteiger partial charge in [0.05, 0.1) is 7.11 Å². The maximum atomic E-state index is 12.0. The number of aliphatic hydroxyl groups excluding tert-OH is 1. The van der Waals surface area contributed by atoms with Gasteiger partial charge in [-0.2, -0.15) is 0 Å². The molecule has 0 aliphatic rings. The van der Waals surface area contributed by atoms with Gasteiger partial charge in [-0.05, 0) is 18.2 Å². The van der Waals surface area contributed by atoms with Gasteiger partial charge >= 0.3 is 0 Å². The van der Waals surface area contributed by atoms with E-state index in [0.717, 1.165) is 5.56 Å². The number of halogens is 3. The minimum absolute atomic E-state index is 0.187. The number of benzene rings is 1. The fourth-order valence-corrected chi connectivity index (χ4v) is 1.52. The third kappa shape index (κ3) is 4.46. The van der Waals surface area contributed by atoms with E-state index in [1.165, 1.54) is 7.11 Å². The predicted molar refractivity (Wildman–Crippen MR) is 61.7 cm³/mol. The van der Waals surface area contributed by atoms with Crippen molar-refractivity contribution in [2.45, 2.75) is 19.1 Å². The zero-order valence-electron chi connectivity index (χ0n) is 9.29. The minimum atomic E-state index is -2.75. The van der Waals surface area contributed by atoms with Crippen LogP contribution in [0.15, 0.2) is 18.2 Å². The molecule has 0 saturated carbocycles. The van der Waals surface area contributed by atoms with E-state index >= 15 is 0 Å². The Balaban J connectivity index is 2.53. The van der Waals surface area contributed by atoms with Crippen molar-refractivity contribution < 1.29 is 18.6 Å². The van der Waals surface area contributed by atoms with E-state index in [0.29, 0.717) is 17.3 Å². The first kappa shape index (κ1) is 14.2. The van der Waals surface area contributed by atoms with Crippen molar-refractivity contribution in [2.75, 3.05) is 13.7 Å². The quantitative estimate of drug-likeness (QED) is 0.827. The van der Waals surface area contributed by atoms with Crippen LogP contribution in [0, 0.1) is 0 Å². The molecule has 6 heteroatoms. The first-order valence-electron chi connectivity index (χ1n) is 5.04. The zero-order valence-corrected chi connectivity index (χ0v) is 10.0. The van der Waals surface area contributed by atoms with Gasteiger partial charge in [-0.1, -0.05) is 11.6 Å². The second-order valence-corrected chi connectivity index (χ2v) is 3.93. The highest BCUT2D eigenvalue weighted by Crippen LogP contribution is 2.22. The first-order valence-corrected chi connectivity index (χ1v) is 5.41. The van der Waals surface area contributed by atoms with Crippen molar-refractivity contribution in [3.63, 3.8) is 0 Å². The number of methoxy groups -OCH3 is 1. The lowest BCUT2D eigenvalue weighted by Gasteiger charge is -2.12. The second kappa shape index (κ2) is 6.74. The number of hydrogen-bond acceptors (Lipinski definition) is 3. The van der Waals surface area contributed by atoms with Gasteiger partial charge < -0.3 is 15.2 Å². The minimum Gasteiger partial charge on any atom is -0.496 e. The van der Waals surface area contributed by atoms with Gasteiger partial charge in [-0.15, -0.1) is 0 Å². The van der Waals surface area contributed by atoms with Crippen LogP contribution < -0.4 is 10.1 Å². The average molecular weight is 266 g/mol. The summed E-state index contributed by atoms with van der Waals surface area (Å²) in [5, 5.41) is 12.2. The lowest BCUT2D eigenvalue weighted by molar-refractivity contribution is -0.00342. The molecule has 0 fully saturated rings. The Morgan fingerprint density at radius 2 is 2.18 bits per heavy atom. The number of nitrogens with one attached hydrogen (secondary N) is 1. The van der Waals surface area contributed by atoms with E-state index in [4.69, 9.17) is 21.4 Å². The molecule has 0 saturated heterocycles. The zero-order chi connectivity index (χ0) is 12.8.